The van der Waals surface area contributed by atoms with Gasteiger partial charge in [0, 0.05) is 0 Å². The minimum absolute atomic E-state index is 0.145. The van der Waals surface area contributed by atoms with E-state index in [0.717, 1.165) is 6.42 Å². The molecule has 0 bridgehead atoms. The molecule has 1 aromatic carbocycles. The predicted molar refractivity (Wildman–Crippen MR) is 63.0 cm³/mol. The highest BCUT2D eigenvalue weighted by molar-refractivity contribution is 6.42. The molecule has 0 aliphatic heterocycles. The second-order valence-corrected chi connectivity index (χ2v) is 5.50. The monoisotopic (exact) mass is 228 g/mol. The predicted octanol–water partition coefficient (Wildman–Crippen LogP) is 3.90. The molecule has 1 rings (SSSR count). The van der Waals surface area contributed by atoms with E-state index in [2.05, 4.69) is 26.0 Å². The molecule has 0 saturated heterocycles. The molecule has 0 fully saturated rings. The molecule has 0 radical (unpaired) electrons. The van der Waals surface area contributed by atoms with Crippen molar-refractivity contribution in [2.45, 2.75) is 38.7 Å². The van der Waals surface area contributed by atoms with E-state index in [-0.39, 0.29) is 6.04 Å². The summed E-state index contributed by atoms with van der Waals surface area (Å²) in [7, 11) is -3.35. The molecule has 0 amide bonds. The zero-order valence-corrected chi connectivity index (χ0v) is 10.5. The van der Waals surface area contributed by atoms with Crippen molar-refractivity contribution >= 4 is 9.46 Å². The van der Waals surface area contributed by atoms with Crippen molar-refractivity contribution < 1.29 is 8.22 Å². The number of benzene rings is 1. The second-order valence-electron chi connectivity index (χ2n) is 4.14. The lowest BCUT2D eigenvalue weighted by molar-refractivity contribution is 0.640. The highest BCUT2D eigenvalue weighted by Gasteiger charge is 2.09. The van der Waals surface area contributed by atoms with Crippen LogP contribution in [0.1, 0.15) is 37.3 Å². The van der Waals surface area contributed by atoms with E-state index in [4.69, 9.17) is 0 Å². The van der Waals surface area contributed by atoms with E-state index < -0.39 is 9.46 Å². The van der Waals surface area contributed by atoms with Crippen LogP contribution in [0, 0.1) is 0 Å². The van der Waals surface area contributed by atoms with Crippen molar-refractivity contribution in [3.63, 3.8) is 0 Å². The lowest BCUT2D eigenvalue weighted by atomic mass is 9.95. The molecule has 3 heteroatoms. The van der Waals surface area contributed by atoms with E-state index in [1.165, 1.54) is 11.1 Å². The lowest BCUT2D eigenvalue weighted by Crippen LogP contribution is -2.00. The van der Waals surface area contributed by atoms with Crippen LogP contribution in [0.25, 0.3) is 0 Å². The van der Waals surface area contributed by atoms with E-state index >= 15 is 0 Å². The molecule has 0 aliphatic carbocycles. The molecule has 0 unspecified atom stereocenters. The quantitative estimate of drug-likeness (QED) is 0.529. The highest BCUT2D eigenvalue weighted by Crippen LogP contribution is 2.21. The van der Waals surface area contributed by atoms with Gasteiger partial charge in [0.1, 0.15) is 0 Å². The van der Waals surface area contributed by atoms with Gasteiger partial charge in [0.25, 0.3) is 0 Å². The largest absolute Gasteiger partial charge is 0.411 e. The number of hydrogen-bond donors (Lipinski definition) is 0. The maximum Gasteiger partial charge on any atom is 0.411 e. The summed E-state index contributed by atoms with van der Waals surface area (Å²) in [5.41, 5.74) is 2.54. The SMILES string of the molecule is CC(C)c1ccccc1CCC[SiH](F)F. The Labute approximate surface area is 92.3 Å². The van der Waals surface area contributed by atoms with Gasteiger partial charge in [-0.05, 0) is 35.9 Å². The summed E-state index contributed by atoms with van der Waals surface area (Å²) in [5.74, 6) is 0.477. The molecule has 0 aromatic heterocycles. The molecule has 0 heterocycles. The van der Waals surface area contributed by atoms with E-state index in [9.17, 15) is 8.22 Å². The van der Waals surface area contributed by atoms with Gasteiger partial charge in [0.15, 0.2) is 0 Å². The highest BCUT2D eigenvalue weighted by atomic mass is 28.4. The Bertz CT molecular complexity index is 297. The molecule has 0 aliphatic rings. The summed E-state index contributed by atoms with van der Waals surface area (Å²) in [6, 6.07) is 8.30. The summed E-state index contributed by atoms with van der Waals surface area (Å²) in [4.78, 5) is 0. The topological polar surface area (TPSA) is 0 Å². The van der Waals surface area contributed by atoms with E-state index in [0.29, 0.717) is 12.3 Å². The van der Waals surface area contributed by atoms with Gasteiger partial charge in [0.2, 0.25) is 0 Å². The molecule has 0 spiro atoms. The fourth-order valence-electron chi connectivity index (χ4n) is 1.77. The zero-order valence-electron chi connectivity index (χ0n) is 9.34. The minimum Gasteiger partial charge on any atom is -0.275 e. The Morgan fingerprint density at radius 1 is 1.20 bits per heavy atom. The van der Waals surface area contributed by atoms with E-state index in [1.54, 1.807) is 0 Å². The number of aryl methyl sites for hydroxylation is 1. The first-order valence-electron chi connectivity index (χ1n) is 5.47. The molecule has 0 saturated carbocycles. The molecule has 0 nitrogen and oxygen atoms in total. The third-order valence-corrected chi connectivity index (χ3v) is 3.39. The van der Waals surface area contributed by atoms with Crippen LogP contribution >= 0.6 is 0 Å². The third kappa shape index (κ3) is 4.12. The van der Waals surface area contributed by atoms with Gasteiger partial charge in [-0.1, -0.05) is 38.1 Å². The van der Waals surface area contributed by atoms with Gasteiger partial charge in [-0.2, -0.15) is 0 Å². The summed E-state index contributed by atoms with van der Waals surface area (Å²) < 4.78 is 24.3. The van der Waals surface area contributed by atoms with Gasteiger partial charge in [0.05, 0.1) is 0 Å². The van der Waals surface area contributed by atoms with Crippen molar-refractivity contribution in [1.29, 1.82) is 0 Å². The fourth-order valence-corrected chi connectivity index (χ4v) is 2.28. The third-order valence-electron chi connectivity index (χ3n) is 2.55. The van der Waals surface area contributed by atoms with Gasteiger partial charge in [-0.25, -0.2) is 0 Å². The molecule has 0 N–H and O–H groups in total. The Morgan fingerprint density at radius 3 is 2.47 bits per heavy atom. The smallest absolute Gasteiger partial charge is 0.275 e. The zero-order chi connectivity index (χ0) is 11.3. The Balaban J connectivity index is 2.59. The summed E-state index contributed by atoms with van der Waals surface area (Å²) >= 11 is 0. The van der Waals surface area contributed by atoms with Crippen LogP contribution in [-0.4, -0.2) is 9.46 Å². The first-order valence-corrected chi connectivity index (χ1v) is 7.16. The van der Waals surface area contributed by atoms with Crippen LogP contribution in [0.2, 0.25) is 6.04 Å². The van der Waals surface area contributed by atoms with E-state index in [1.807, 2.05) is 12.1 Å². The van der Waals surface area contributed by atoms with Gasteiger partial charge in [-0.15, -0.1) is 0 Å². The molecular formula is C12H18F2Si. The van der Waals surface area contributed by atoms with Gasteiger partial charge in [-0.3, -0.25) is 8.22 Å². The number of hydrogen-bond acceptors (Lipinski definition) is 0. The van der Waals surface area contributed by atoms with Crippen molar-refractivity contribution in [3.8, 4) is 0 Å². The standard InChI is InChI=1S/C12H18F2Si/c1-10(2)12-8-4-3-6-11(12)7-5-9-15(13)14/h3-4,6,8,10,15H,5,7,9H2,1-2H3. The summed E-state index contributed by atoms with van der Waals surface area (Å²) in [5, 5.41) is 0. The first-order chi connectivity index (χ1) is 7.11. The maximum atomic E-state index is 12.1. The number of rotatable bonds is 5. The van der Waals surface area contributed by atoms with Crippen LogP contribution in [0.3, 0.4) is 0 Å². The van der Waals surface area contributed by atoms with Crippen molar-refractivity contribution in [3.05, 3.63) is 35.4 Å². The van der Waals surface area contributed by atoms with Gasteiger partial charge < -0.3 is 0 Å². The molecule has 15 heavy (non-hydrogen) atoms. The van der Waals surface area contributed by atoms with Crippen LogP contribution in [0.4, 0.5) is 8.22 Å². The maximum absolute atomic E-state index is 12.1. The van der Waals surface area contributed by atoms with Crippen molar-refractivity contribution in [2.24, 2.45) is 0 Å². The van der Waals surface area contributed by atoms with Crippen LogP contribution in [-0.2, 0) is 6.42 Å². The second kappa shape index (κ2) is 6.01. The normalized spacial score (nSPS) is 11.3. The summed E-state index contributed by atoms with van der Waals surface area (Å²) in [6.45, 7) is 4.28. The fraction of sp³-hybridized carbons (Fsp3) is 0.500. The lowest BCUT2D eigenvalue weighted by Gasteiger charge is -2.11. The van der Waals surface area contributed by atoms with Crippen LogP contribution in [0.5, 0.6) is 0 Å². The molecule has 0 atom stereocenters. The number of halogens is 2. The Kier molecular flexibility index (Phi) is 4.95. The van der Waals surface area contributed by atoms with Crippen molar-refractivity contribution in [1.82, 2.24) is 0 Å². The Hall–Kier alpha value is -0.703. The first kappa shape index (κ1) is 12.4. The summed E-state index contributed by atoms with van der Waals surface area (Å²) in [6.07, 6.45) is 1.43. The molecule has 84 valence electrons. The van der Waals surface area contributed by atoms with Crippen LogP contribution < -0.4 is 0 Å². The average Bonchev–Trinajstić information content (AvgIpc) is 2.17. The molecular weight excluding hydrogens is 210 g/mol. The Morgan fingerprint density at radius 2 is 1.87 bits per heavy atom. The van der Waals surface area contributed by atoms with Gasteiger partial charge >= 0.3 is 9.46 Å². The molecule has 1 aromatic rings. The average molecular weight is 228 g/mol. The minimum atomic E-state index is -3.35. The van der Waals surface area contributed by atoms with Crippen LogP contribution in [0.15, 0.2) is 24.3 Å². The van der Waals surface area contributed by atoms with Crippen molar-refractivity contribution in [2.75, 3.05) is 0 Å².